The normalized spacial score (nSPS) is 17.2. The Kier molecular flexibility index (Phi) is 5.82. The molecule has 138 valence electrons. The van der Waals surface area contributed by atoms with Crippen molar-refractivity contribution < 1.29 is 13.2 Å². The van der Waals surface area contributed by atoms with Gasteiger partial charge in [-0.25, -0.2) is 8.42 Å². The monoisotopic (exact) mass is 410 g/mol. The highest BCUT2D eigenvalue weighted by Gasteiger charge is 2.21. The van der Waals surface area contributed by atoms with Crippen molar-refractivity contribution in [2.24, 2.45) is 5.92 Å². The molecule has 3 rings (SSSR count). The molecule has 1 aliphatic carbocycles. The highest BCUT2D eigenvalue weighted by molar-refractivity contribution is 7.92. The largest absolute Gasteiger partial charge is 0.276 e. The summed E-state index contributed by atoms with van der Waals surface area (Å²) in [6.45, 7) is 2.20. The van der Waals surface area contributed by atoms with Gasteiger partial charge in [-0.2, -0.15) is 0 Å². The van der Waals surface area contributed by atoms with Crippen molar-refractivity contribution in [3.63, 3.8) is 0 Å². The van der Waals surface area contributed by atoms with Crippen molar-refractivity contribution in [3.8, 4) is 0 Å². The van der Waals surface area contributed by atoms with E-state index in [4.69, 9.17) is 11.6 Å². The smallest absolute Gasteiger partial charge is 0.273 e. The van der Waals surface area contributed by atoms with Gasteiger partial charge in [-0.3, -0.25) is 10.2 Å². The zero-order chi connectivity index (χ0) is 18.7. The molecule has 26 heavy (non-hydrogen) atoms. The van der Waals surface area contributed by atoms with E-state index in [1.807, 2.05) is 6.07 Å². The third kappa shape index (κ3) is 4.94. The number of thiophene rings is 1. The summed E-state index contributed by atoms with van der Waals surface area (Å²) in [5, 5.41) is 1.57. The number of sulfonamides is 1. The van der Waals surface area contributed by atoms with Gasteiger partial charge in [0.15, 0.2) is 0 Å². The van der Waals surface area contributed by atoms with Gasteiger partial charge in [0.2, 0.25) is 0 Å². The number of nitrogens with one attached hydrogen (secondary N) is 2. The van der Waals surface area contributed by atoms with E-state index >= 15 is 0 Å². The summed E-state index contributed by atoms with van der Waals surface area (Å²) in [6.07, 6.45) is 4.49. The number of carbonyl (C=O) groups excluding carboxylic acids is 1. The highest BCUT2D eigenvalue weighted by Crippen LogP contribution is 2.32. The van der Waals surface area contributed by atoms with Crippen LogP contribution in [0.1, 0.15) is 39.0 Å². The van der Waals surface area contributed by atoms with Crippen molar-refractivity contribution in [2.75, 3.05) is 0 Å². The summed E-state index contributed by atoms with van der Waals surface area (Å²) in [4.78, 5) is 16.1. The summed E-state index contributed by atoms with van der Waals surface area (Å²) in [6, 6.07) is 8.60. The maximum absolute atomic E-state index is 12.2. The molecule has 1 aromatic heterocycles. The first kappa shape index (κ1) is 19.1. The predicted molar refractivity (Wildman–Crippen MR) is 106 cm³/mol. The molecule has 0 bridgehead atoms. The zero-order valence-electron chi connectivity index (χ0n) is 14.2. The Bertz CT molecular complexity index is 934. The number of aryl methyl sites for hydroxylation is 1. The molecule has 2 aromatic rings. The number of rotatable bonds is 5. The second-order valence-corrected chi connectivity index (χ2v) is 9.50. The van der Waals surface area contributed by atoms with Crippen LogP contribution in [0.2, 0.25) is 5.02 Å². The first-order valence-electron chi connectivity index (χ1n) is 8.20. The van der Waals surface area contributed by atoms with Gasteiger partial charge in [0, 0.05) is 15.3 Å². The van der Waals surface area contributed by atoms with E-state index in [1.165, 1.54) is 27.9 Å². The lowest BCUT2D eigenvalue weighted by atomic mass is 9.90. The zero-order valence-corrected chi connectivity index (χ0v) is 16.5. The Hall–Kier alpha value is -1.67. The van der Waals surface area contributed by atoms with E-state index in [1.54, 1.807) is 24.3 Å². The molecule has 2 N–H and O–H groups in total. The van der Waals surface area contributed by atoms with Gasteiger partial charge in [-0.1, -0.05) is 30.7 Å². The predicted octanol–water partition coefficient (Wildman–Crippen LogP) is 3.76. The fourth-order valence-corrected chi connectivity index (χ4v) is 4.64. The van der Waals surface area contributed by atoms with E-state index in [0.29, 0.717) is 21.4 Å². The van der Waals surface area contributed by atoms with E-state index in [-0.39, 0.29) is 0 Å². The molecule has 1 aromatic carbocycles. The molecule has 0 radical (unpaired) electrons. The summed E-state index contributed by atoms with van der Waals surface area (Å²) in [5.74, 6) is 0.171. The van der Waals surface area contributed by atoms with Crippen molar-refractivity contribution in [1.82, 2.24) is 10.3 Å². The third-order valence-corrected chi connectivity index (χ3v) is 6.54. The summed E-state index contributed by atoms with van der Waals surface area (Å²) in [7, 11) is -3.79. The van der Waals surface area contributed by atoms with Crippen LogP contribution in [0.5, 0.6) is 0 Å². The summed E-state index contributed by atoms with van der Waals surface area (Å²) >= 11 is 7.22. The number of hydrazine groups is 1. The van der Waals surface area contributed by atoms with Crippen LogP contribution in [0, 0.1) is 5.92 Å². The average Bonchev–Trinajstić information content (AvgIpc) is 3.02. The minimum Gasteiger partial charge on any atom is -0.273 e. The van der Waals surface area contributed by atoms with Crippen LogP contribution < -0.4 is 10.3 Å². The molecule has 5 nitrogen and oxygen atoms in total. The molecule has 1 amide bonds. The molecule has 8 heteroatoms. The number of hydrogen-bond donors (Lipinski definition) is 2. The van der Waals surface area contributed by atoms with Crippen molar-refractivity contribution >= 4 is 44.9 Å². The number of carbonyl (C=O) groups is 1. The lowest BCUT2D eigenvalue weighted by Gasteiger charge is -2.16. The van der Waals surface area contributed by atoms with Crippen LogP contribution in [0.4, 0.5) is 0 Å². The third-order valence-electron chi connectivity index (χ3n) is 4.17. The molecule has 0 aliphatic heterocycles. The number of halogens is 1. The van der Waals surface area contributed by atoms with Crippen LogP contribution in [0.25, 0.3) is 6.08 Å². The van der Waals surface area contributed by atoms with E-state index in [9.17, 15) is 13.2 Å². The highest BCUT2D eigenvalue weighted by atomic mass is 35.5. The van der Waals surface area contributed by atoms with Crippen LogP contribution >= 0.6 is 22.9 Å². The van der Waals surface area contributed by atoms with Crippen LogP contribution in [0.3, 0.4) is 0 Å². The van der Waals surface area contributed by atoms with E-state index < -0.39 is 15.9 Å². The maximum atomic E-state index is 12.2. The van der Waals surface area contributed by atoms with E-state index in [0.717, 1.165) is 24.7 Å². The molecule has 0 saturated carbocycles. The molecule has 1 atom stereocenters. The van der Waals surface area contributed by atoms with Crippen molar-refractivity contribution in [3.05, 3.63) is 61.6 Å². The van der Waals surface area contributed by atoms with Gasteiger partial charge in [-0.15, -0.1) is 16.2 Å². The molecule has 1 heterocycles. The Morgan fingerprint density at radius 1 is 1.31 bits per heavy atom. The molecular weight excluding hydrogens is 392 g/mol. The van der Waals surface area contributed by atoms with Gasteiger partial charge in [0.05, 0.1) is 4.88 Å². The SMILES string of the molecule is C[C@@H]1CCc2sc(C(=O)NNS(=O)(=O)/C=C/c3ccc(Cl)cc3)cc2C1. The first-order valence-corrected chi connectivity index (χ1v) is 10.9. The van der Waals surface area contributed by atoms with E-state index in [2.05, 4.69) is 17.2 Å². The Morgan fingerprint density at radius 3 is 2.77 bits per heavy atom. The van der Waals surface area contributed by atoms with Gasteiger partial charge >= 0.3 is 0 Å². The quantitative estimate of drug-likeness (QED) is 0.737. The van der Waals surface area contributed by atoms with Crippen LogP contribution in [-0.4, -0.2) is 14.3 Å². The standard InChI is InChI=1S/C18H19ClN2O3S2/c1-12-2-7-16-14(10-12)11-17(25-16)18(22)20-21-26(23,24)9-8-13-3-5-15(19)6-4-13/h3-6,8-9,11-12,21H,2,7,10H2,1H3,(H,20,22)/b9-8+/t12-/m1/s1. The molecular formula is C18H19ClN2O3S2. The first-order chi connectivity index (χ1) is 12.3. The molecule has 0 saturated heterocycles. The minimum absolute atomic E-state index is 0.444. The van der Waals surface area contributed by atoms with Gasteiger partial charge in [0.25, 0.3) is 15.9 Å². The topological polar surface area (TPSA) is 75.3 Å². The van der Waals surface area contributed by atoms with Gasteiger partial charge in [0.1, 0.15) is 0 Å². The van der Waals surface area contributed by atoms with Crippen molar-refractivity contribution in [1.29, 1.82) is 0 Å². The molecule has 0 spiro atoms. The number of hydrogen-bond acceptors (Lipinski definition) is 4. The number of amides is 1. The Balaban J connectivity index is 1.60. The van der Waals surface area contributed by atoms with Crippen molar-refractivity contribution in [2.45, 2.75) is 26.2 Å². The van der Waals surface area contributed by atoms with Crippen LogP contribution in [-0.2, 0) is 22.9 Å². The molecule has 1 aliphatic rings. The maximum Gasteiger partial charge on any atom is 0.276 e. The van der Waals surface area contributed by atoms with Gasteiger partial charge < -0.3 is 0 Å². The average molecular weight is 411 g/mol. The minimum atomic E-state index is -3.79. The second-order valence-electron chi connectivity index (χ2n) is 6.36. The summed E-state index contributed by atoms with van der Waals surface area (Å²) in [5.41, 5.74) is 4.15. The Labute approximate surface area is 162 Å². The lowest BCUT2D eigenvalue weighted by Crippen LogP contribution is -2.40. The lowest BCUT2D eigenvalue weighted by molar-refractivity contribution is 0.0949. The molecule has 0 unspecified atom stereocenters. The second kappa shape index (κ2) is 7.92. The fraction of sp³-hybridized carbons (Fsp3) is 0.278. The van der Waals surface area contributed by atoms with Gasteiger partial charge in [-0.05, 0) is 60.6 Å². The van der Waals surface area contributed by atoms with Crippen LogP contribution in [0.15, 0.2) is 35.7 Å². The molecule has 0 fully saturated rings. The number of fused-ring (bicyclic) bond motifs is 1. The fourth-order valence-electron chi connectivity index (χ4n) is 2.77. The summed E-state index contributed by atoms with van der Waals surface area (Å²) < 4.78 is 24.0. The number of benzene rings is 1. The Morgan fingerprint density at radius 2 is 2.04 bits per heavy atom.